The van der Waals surface area contributed by atoms with Crippen LogP contribution >= 0.6 is 11.3 Å². The number of carboxylic acid groups (broad SMARTS) is 1. The van der Waals surface area contributed by atoms with Gasteiger partial charge in [-0.15, -0.1) is 11.3 Å². The van der Waals surface area contributed by atoms with E-state index in [4.69, 9.17) is 9.84 Å². The fourth-order valence-corrected chi connectivity index (χ4v) is 2.34. The lowest BCUT2D eigenvalue weighted by atomic mass is 10.3. The molecule has 0 aliphatic rings. The summed E-state index contributed by atoms with van der Waals surface area (Å²) in [5, 5.41) is 10.9. The number of ether oxygens (including phenoxy) is 1. The van der Waals surface area contributed by atoms with Gasteiger partial charge in [0.05, 0.1) is 11.6 Å². The van der Waals surface area contributed by atoms with Gasteiger partial charge in [-0.1, -0.05) is 0 Å². The van der Waals surface area contributed by atoms with Gasteiger partial charge in [-0.3, -0.25) is 0 Å². The molecule has 1 N–H and O–H groups in total. The first-order valence-electron chi connectivity index (χ1n) is 5.82. The van der Waals surface area contributed by atoms with E-state index in [1.807, 2.05) is 0 Å². The number of hydrogen-bond acceptors (Lipinski definition) is 4. The Labute approximate surface area is 117 Å². The third kappa shape index (κ3) is 3.74. The summed E-state index contributed by atoms with van der Waals surface area (Å²) in [7, 11) is 0. The molecule has 0 aliphatic carbocycles. The number of benzene rings is 1. The molecule has 2 aromatic rings. The van der Waals surface area contributed by atoms with E-state index < -0.39 is 17.6 Å². The second-order valence-electron chi connectivity index (χ2n) is 3.96. The van der Waals surface area contributed by atoms with Crippen LogP contribution in [0.2, 0.25) is 0 Å². The minimum absolute atomic E-state index is 0.00300. The molecule has 2 rings (SSSR count). The third-order valence-corrected chi connectivity index (χ3v) is 3.37. The van der Waals surface area contributed by atoms with E-state index in [0.29, 0.717) is 17.8 Å². The fourth-order valence-electron chi connectivity index (χ4n) is 1.52. The highest BCUT2D eigenvalue weighted by Gasteiger charge is 2.09. The summed E-state index contributed by atoms with van der Waals surface area (Å²) in [6.45, 7) is 0.241. The molecule has 0 saturated heterocycles. The molecule has 0 bridgehead atoms. The molecule has 0 atom stereocenters. The average molecular weight is 299 g/mol. The molecule has 0 saturated carbocycles. The van der Waals surface area contributed by atoms with E-state index in [-0.39, 0.29) is 18.1 Å². The van der Waals surface area contributed by atoms with E-state index in [1.165, 1.54) is 22.8 Å². The van der Waals surface area contributed by atoms with Crippen molar-refractivity contribution in [1.29, 1.82) is 0 Å². The van der Waals surface area contributed by atoms with Gasteiger partial charge < -0.3 is 9.84 Å². The van der Waals surface area contributed by atoms with Gasteiger partial charge in [0.2, 0.25) is 0 Å². The highest BCUT2D eigenvalue weighted by molar-refractivity contribution is 7.09. The largest absolute Gasteiger partial charge is 0.491 e. The maximum absolute atomic E-state index is 13.3. The number of rotatable bonds is 6. The molecule has 0 spiro atoms. The smallest absolute Gasteiger partial charge is 0.355 e. The number of carboxylic acids is 1. The molecular formula is C13H11F2NO3S. The zero-order valence-electron chi connectivity index (χ0n) is 10.3. The molecular weight excluding hydrogens is 288 g/mol. The Bertz CT molecular complexity index is 615. The SMILES string of the molecule is O=C(O)c1csc(CCCOc2ccc(F)cc2F)n1. The number of aromatic nitrogens is 1. The van der Waals surface area contributed by atoms with Crippen molar-refractivity contribution in [3.05, 3.63) is 45.9 Å². The standard InChI is InChI=1S/C13H11F2NO3S/c14-8-3-4-11(9(15)6-8)19-5-1-2-12-16-10(7-20-12)13(17)18/h3-4,6-7H,1-2,5H2,(H,17,18). The molecule has 20 heavy (non-hydrogen) atoms. The maximum atomic E-state index is 13.3. The summed E-state index contributed by atoms with van der Waals surface area (Å²) in [5.41, 5.74) is 0.0236. The first-order chi connectivity index (χ1) is 9.56. The van der Waals surface area contributed by atoms with Crippen molar-refractivity contribution in [3.8, 4) is 5.75 Å². The first-order valence-corrected chi connectivity index (χ1v) is 6.70. The molecule has 0 radical (unpaired) electrons. The Morgan fingerprint density at radius 3 is 2.85 bits per heavy atom. The minimum atomic E-state index is -1.06. The van der Waals surface area contributed by atoms with Crippen LogP contribution in [0.3, 0.4) is 0 Å². The molecule has 0 fully saturated rings. The minimum Gasteiger partial charge on any atom is -0.491 e. The van der Waals surface area contributed by atoms with Crippen molar-refractivity contribution in [2.45, 2.75) is 12.8 Å². The van der Waals surface area contributed by atoms with E-state index >= 15 is 0 Å². The normalized spacial score (nSPS) is 10.5. The lowest BCUT2D eigenvalue weighted by Crippen LogP contribution is -2.02. The van der Waals surface area contributed by atoms with Gasteiger partial charge in [-0.05, 0) is 18.6 Å². The van der Waals surface area contributed by atoms with Crippen LogP contribution in [0.15, 0.2) is 23.6 Å². The third-order valence-electron chi connectivity index (χ3n) is 2.46. The lowest BCUT2D eigenvalue weighted by Gasteiger charge is -2.06. The Kier molecular flexibility index (Phi) is 4.62. The van der Waals surface area contributed by atoms with Gasteiger partial charge in [0.15, 0.2) is 17.3 Å². The average Bonchev–Trinajstić information content (AvgIpc) is 2.85. The van der Waals surface area contributed by atoms with Gasteiger partial charge in [-0.2, -0.15) is 0 Å². The molecule has 7 heteroatoms. The number of halogens is 2. The number of aryl methyl sites for hydroxylation is 1. The van der Waals surface area contributed by atoms with Gasteiger partial charge in [-0.25, -0.2) is 18.6 Å². The fraction of sp³-hybridized carbons (Fsp3) is 0.231. The summed E-state index contributed by atoms with van der Waals surface area (Å²) < 4.78 is 31.1. The second kappa shape index (κ2) is 6.42. The van der Waals surface area contributed by atoms with Crippen LogP contribution < -0.4 is 4.74 Å². The van der Waals surface area contributed by atoms with Crippen molar-refractivity contribution in [1.82, 2.24) is 4.98 Å². The van der Waals surface area contributed by atoms with Gasteiger partial charge in [0.1, 0.15) is 5.82 Å². The van der Waals surface area contributed by atoms with Gasteiger partial charge >= 0.3 is 5.97 Å². The van der Waals surface area contributed by atoms with Crippen LogP contribution in [-0.4, -0.2) is 22.7 Å². The van der Waals surface area contributed by atoms with Crippen molar-refractivity contribution in [3.63, 3.8) is 0 Å². The summed E-state index contributed by atoms with van der Waals surface area (Å²) >= 11 is 1.26. The van der Waals surface area contributed by atoms with Crippen LogP contribution in [0.25, 0.3) is 0 Å². The van der Waals surface area contributed by atoms with Crippen molar-refractivity contribution in [2.24, 2.45) is 0 Å². The molecule has 0 unspecified atom stereocenters. The number of nitrogens with zero attached hydrogens (tertiary/aromatic N) is 1. The summed E-state index contributed by atoms with van der Waals surface area (Å²) in [4.78, 5) is 14.6. The quantitative estimate of drug-likeness (QED) is 0.833. The summed E-state index contributed by atoms with van der Waals surface area (Å²) in [6, 6.07) is 3.12. The molecule has 1 aromatic heterocycles. The molecule has 0 aliphatic heterocycles. The van der Waals surface area contributed by atoms with Gasteiger partial charge in [0, 0.05) is 17.9 Å². The predicted octanol–water partition coefficient (Wildman–Crippen LogP) is 3.13. The summed E-state index contributed by atoms with van der Waals surface area (Å²) in [6.07, 6.45) is 1.10. The topological polar surface area (TPSA) is 59.4 Å². The number of hydrogen-bond donors (Lipinski definition) is 1. The van der Waals surface area contributed by atoms with E-state index in [9.17, 15) is 13.6 Å². The second-order valence-corrected chi connectivity index (χ2v) is 4.90. The Morgan fingerprint density at radius 1 is 1.40 bits per heavy atom. The molecule has 1 heterocycles. The molecule has 0 amide bonds. The van der Waals surface area contributed by atoms with Gasteiger partial charge in [0.25, 0.3) is 0 Å². The summed E-state index contributed by atoms with van der Waals surface area (Å²) in [5.74, 6) is -2.46. The van der Waals surface area contributed by atoms with Crippen LogP contribution in [-0.2, 0) is 6.42 Å². The van der Waals surface area contributed by atoms with E-state index in [2.05, 4.69) is 4.98 Å². The number of carbonyl (C=O) groups is 1. The maximum Gasteiger partial charge on any atom is 0.355 e. The Balaban J connectivity index is 1.79. The van der Waals surface area contributed by atoms with Crippen LogP contribution in [0.4, 0.5) is 8.78 Å². The first kappa shape index (κ1) is 14.4. The van der Waals surface area contributed by atoms with Crippen molar-refractivity contribution < 1.29 is 23.4 Å². The van der Waals surface area contributed by atoms with Crippen molar-refractivity contribution in [2.75, 3.05) is 6.61 Å². The predicted molar refractivity (Wildman–Crippen MR) is 69.2 cm³/mol. The van der Waals surface area contributed by atoms with E-state index in [0.717, 1.165) is 12.1 Å². The Hall–Kier alpha value is -2.02. The molecule has 4 nitrogen and oxygen atoms in total. The van der Waals surface area contributed by atoms with E-state index in [1.54, 1.807) is 0 Å². The monoisotopic (exact) mass is 299 g/mol. The zero-order valence-corrected chi connectivity index (χ0v) is 11.1. The number of thiazole rings is 1. The van der Waals surface area contributed by atoms with Crippen molar-refractivity contribution >= 4 is 17.3 Å². The van der Waals surface area contributed by atoms with Crippen LogP contribution in [0.5, 0.6) is 5.75 Å². The Morgan fingerprint density at radius 2 is 2.20 bits per heavy atom. The zero-order chi connectivity index (χ0) is 14.5. The molecule has 106 valence electrons. The van der Waals surface area contributed by atoms with Crippen LogP contribution in [0, 0.1) is 11.6 Å². The highest BCUT2D eigenvalue weighted by Crippen LogP contribution is 2.18. The van der Waals surface area contributed by atoms with Crippen LogP contribution in [0.1, 0.15) is 21.9 Å². The molecule has 1 aromatic carbocycles. The number of aromatic carboxylic acids is 1. The lowest BCUT2D eigenvalue weighted by molar-refractivity contribution is 0.0691. The highest BCUT2D eigenvalue weighted by atomic mass is 32.1.